The molecule has 2 heterocycles. The molecule has 1 unspecified atom stereocenters. The molecule has 32 heavy (non-hydrogen) atoms. The van der Waals surface area contributed by atoms with Crippen LogP contribution in [0.15, 0.2) is 59.5 Å². The average Bonchev–Trinajstić information content (AvgIpc) is 3.25. The molecule has 0 radical (unpaired) electrons. The highest BCUT2D eigenvalue weighted by Gasteiger charge is 2.43. The normalized spacial score (nSPS) is 18.0. The van der Waals surface area contributed by atoms with Gasteiger partial charge in [0, 0.05) is 31.0 Å². The van der Waals surface area contributed by atoms with Crippen molar-refractivity contribution >= 4 is 5.97 Å². The molecule has 1 atom stereocenters. The molecular weight excluding hydrogens is 423 g/mol. The third kappa shape index (κ3) is 3.93. The number of carbonyl (C=O) groups excluding carboxylic acids is 1. The number of ether oxygens (including phenoxy) is 2. The second-order valence-electron chi connectivity index (χ2n) is 7.59. The molecule has 5 nitrogen and oxygen atoms in total. The third-order valence-corrected chi connectivity index (χ3v) is 5.62. The lowest BCUT2D eigenvalue weighted by Crippen LogP contribution is -2.32. The van der Waals surface area contributed by atoms with E-state index >= 15 is 0 Å². The lowest BCUT2D eigenvalue weighted by Gasteiger charge is -2.30. The van der Waals surface area contributed by atoms with Crippen LogP contribution in [0.2, 0.25) is 0 Å². The minimum atomic E-state index is -1.50. The molecule has 1 aliphatic heterocycles. The standard InChI is InChI=1S/C24H20F3NO4/c1-31-23(30)16-5-3-15(4-6-16)14-28-9-7-17(11-21(28)29)24(8-2-10-32-24)22-19(26)12-18(25)13-20(22)27/h3-7,9,11-13H,2,8,10,14H2,1H3. The highest BCUT2D eigenvalue weighted by molar-refractivity contribution is 5.89. The van der Waals surface area contributed by atoms with Crippen LogP contribution < -0.4 is 5.56 Å². The number of halogens is 3. The summed E-state index contributed by atoms with van der Waals surface area (Å²) in [4.78, 5) is 24.4. The highest BCUT2D eigenvalue weighted by Crippen LogP contribution is 2.44. The third-order valence-electron chi connectivity index (χ3n) is 5.62. The van der Waals surface area contributed by atoms with E-state index in [2.05, 4.69) is 4.74 Å². The molecule has 8 heteroatoms. The van der Waals surface area contributed by atoms with Gasteiger partial charge in [-0.15, -0.1) is 0 Å². The summed E-state index contributed by atoms with van der Waals surface area (Å²) in [6, 6.07) is 10.7. The number of pyridine rings is 1. The van der Waals surface area contributed by atoms with Crippen LogP contribution in [0.25, 0.3) is 0 Å². The van der Waals surface area contributed by atoms with Crippen molar-refractivity contribution in [3.63, 3.8) is 0 Å². The summed E-state index contributed by atoms with van der Waals surface area (Å²) in [7, 11) is 1.29. The fraction of sp³-hybridized carbons (Fsp3) is 0.250. The zero-order chi connectivity index (χ0) is 22.9. The molecule has 1 saturated heterocycles. The Morgan fingerprint density at radius 2 is 1.78 bits per heavy atom. The molecule has 0 aliphatic carbocycles. The van der Waals surface area contributed by atoms with Crippen LogP contribution >= 0.6 is 0 Å². The number of hydrogen-bond acceptors (Lipinski definition) is 4. The van der Waals surface area contributed by atoms with Crippen molar-refractivity contribution in [1.82, 2.24) is 4.57 Å². The van der Waals surface area contributed by atoms with Gasteiger partial charge in [-0.05, 0) is 42.2 Å². The number of methoxy groups -OCH3 is 1. The number of aromatic nitrogens is 1. The van der Waals surface area contributed by atoms with Crippen molar-refractivity contribution in [2.24, 2.45) is 0 Å². The van der Waals surface area contributed by atoms with E-state index in [4.69, 9.17) is 4.74 Å². The first-order valence-electron chi connectivity index (χ1n) is 10.0. The predicted octanol–water partition coefficient (Wildman–Crippen LogP) is 4.15. The van der Waals surface area contributed by atoms with E-state index in [0.29, 0.717) is 29.7 Å². The van der Waals surface area contributed by atoms with E-state index in [-0.39, 0.29) is 19.6 Å². The van der Waals surface area contributed by atoms with E-state index in [1.165, 1.54) is 23.9 Å². The number of carbonyl (C=O) groups is 1. The molecule has 1 aromatic heterocycles. The Labute approximate surface area is 182 Å². The van der Waals surface area contributed by atoms with Gasteiger partial charge < -0.3 is 14.0 Å². The Bertz CT molecular complexity index is 1190. The molecule has 0 N–H and O–H groups in total. The highest BCUT2D eigenvalue weighted by atomic mass is 19.1. The zero-order valence-electron chi connectivity index (χ0n) is 17.2. The van der Waals surface area contributed by atoms with E-state index < -0.39 is 40.1 Å². The summed E-state index contributed by atoms with van der Waals surface area (Å²) in [5.41, 5.74) is -0.814. The van der Waals surface area contributed by atoms with Crippen LogP contribution in [0, 0.1) is 17.5 Å². The minimum Gasteiger partial charge on any atom is -0.465 e. The summed E-state index contributed by atoms with van der Waals surface area (Å²) in [5.74, 6) is -3.59. The Morgan fingerprint density at radius 3 is 2.34 bits per heavy atom. The molecule has 2 aromatic carbocycles. The molecule has 0 saturated carbocycles. The van der Waals surface area contributed by atoms with Gasteiger partial charge in [0.2, 0.25) is 0 Å². The van der Waals surface area contributed by atoms with Crippen molar-refractivity contribution in [3.05, 3.63) is 105 Å². The van der Waals surface area contributed by atoms with Crippen LogP contribution in [0.3, 0.4) is 0 Å². The van der Waals surface area contributed by atoms with Crippen LogP contribution in [0.5, 0.6) is 0 Å². The first kappa shape index (κ1) is 21.8. The Balaban J connectivity index is 1.68. The van der Waals surface area contributed by atoms with Gasteiger partial charge in [0.1, 0.15) is 23.1 Å². The van der Waals surface area contributed by atoms with E-state index in [1.54, 1.807) is 30.3 Å². The summed E-state index contributed by atoms with van der Waals surface area (Å²) < 4.78 is 54.5. The smallest absolute Gasteiger partial charge is 0.337 e. The summed E-state index contributed by atoms with van der Waals surface area (Å²) in [6.07, 6.45) is 2.31. The summed E-state index contributed by atoms with van der Waals surface area (Å²) in [6.45, 7) is 0.486. The van der Waals surface area contributed by atoms with Gasteiger partial charge in [-0.2, -0.15) is 0 Å². The number of nitrogens with zero attached hydrogens (tertiary/aromatic N) is 1. The largest absolute Gasteiger partial charge is 0.465 e. The fourth-order valence-corrected chi connectivity index (χ4v) is 4.09. The second kappa shape index (κ2) is 8.63. The summed E-state index contributed by atoms with van der Waals surface area (Å²) in [5, 5.41) is 0. The summed E-state index contributed by atoms with van der Waals surface area (Å²) >= 11 is 0. The van der Waals surface area contributed by atoms with Crippen LogP contribution in [0.1, 0.15) is 39.9 Å². The number of esters is 1. The van der Waals surface area contributed by atoms with Crippen molar-refractivity contribution in [3.8, 4) is 0 Å². The molecule has 1 fully saturated rings. The average molecular weight is 443 g/mol. The fourth-order valence-electron chi connectivity index (χ4n) is 4.09. The van der Waals surface area contributed by atoms with Crippen LogP contribution in [0.4, 0.5) is 13.2 Å². The maximum Gasteiger partial charge on any atom is 0.337 e. The molecule has 3 aromatic rings. The molecule has 1 aliphatic rings. The van der Waals surface area contributed by atoms with Gasteiger partial charge in [-0.3, -0.25) is 4.79 Å². The molecule has 4 rings (SSSR count). The quantitative estimate of drug-likeness (QED) is 0.556. The van der Waals surface area contributed by atoms with E-state index in [9.17, 15) is 22.8 Å². The predicted molar refractivity (Wildman–Crippen MR) is 110 cm³/mol. The van der Waals surface area contributed by atoms with E-state index in [0.717, 1.165) is 5.56 Å². The van der Waals surface area contributed by atoms with Crippen LogP contribution in [-0.4, -0.2) is 24.3 Å². The second-order valence-corrected chi connectivity index (χ2v) is 7.59. The molecule has 0 spiro atoms. The first-order valence-corrected chi connectivity index (χ1v) is 10.0. The van der Waals surface area contributed by atoms with Crippen molar-refractivity contribution in [2.75, 3.05) is 13.7 Å². The molecule has 166 valence electrons. The number of benzene rings is 2. The molecule has 0 bridgehead atoms. The maximum absolute atomic E-state index is 14.6. The first-order chi connectivity index (χ1) is 15.3. The Kier molecular flexibility index (Phi) is 5.88. The Morgan fingerprint density at radius 1 is 1.09 bits per heavy atom. The minimum absolute atomic E-state index is 0.230. The van der Waals surface area contributed by atoms with Gasteiger partial charge in [0.15, 0.2) is 0 Å². The van der Waals surface area contributed by atoms with Crippen molar-refractivity contribution in [2.45, 2.75) is 25.0 Å². The monoisotopic (exact) mass is 443 g/mol. The van der Waals surface area contributed by atoms with Gasteiger partial charge in [-0.25, -0.2) is 18.0 Å². The molecule has 0 amide bonds. The van der Waals surface area contributed by atoms with Crippen molar-refractivity contribution in [1.29, 1.82) is 0 Å². The number of hydrogen-bond donors (Lipinski definition) is 0. The van der Waals surface area contributed by atoms with Gasteiger partial charge in [0.05, 0.1) is 24.8 Å². The number of rotatable bonds is 5. The maximum atomic E-state index is 14.6. The SMILES string of the molecule is COC(=O)c1ccc(Cn2ccc(C3(c4c(F)cc(F)cc4F)CCCO3)cc2=O)cc1. The van der Waals surface area contributed by atoms with Gasteiger partial charge in [-0.1, -0.05) is 12.1 Å². The van der Waals surface area contributed by atoms with Gasteiger partial charge in [0.25, 0.3) is 5.56 Å². The lowest BCUT2D eigenvalue weighted by atomic mass is 9.83. The zero-order valence-corrected chi connectivity index (χ0v) is 17.2. The lowest BCUT2D eigenvalue weighted by molar-refractivity contribution is 0.0296. The van der Waals surface area contributed by atoms with E-state index in [1.807, 2.05) is 0 Å². The van der Waals surface area contributed by atoms with Crippen molar-refractivity contribution < 1.29 is 27.4 Å². The molecular formula is C24H20F3NO4. The van der Waals surface area contributed by atoms with Crippen LogP contribution in [-0.2, 0) is 21.6 Å². The topological polar surface area (TPSA) is 57.5 Å². The Hall–Kier alpha value is -3.39. The van der Waals surface area contributed by atoms with Gasteiger partial charge >= 0.3 is 5.97 Å².